The first-order valence-corrected chi connectivity index (χ1v) is 8.63. The molecule has 9 heteroatoms. The van der Waals surface area contributed by atoms with E-state index in [0.717, 1.165) is 16.3 Å². The predicted molar refractivity (Wildman–Crippen MR) is 96.3 cm³/mol. The van der Waals surface area contributed by atoms with Crippen LogP contribution in [0.4, 0.5) is 20.8 Å². The number of carbonyl (C=O) groups is 2. The van der Waals surface area contributed by atoms with Crippen molar-refractivity contribution < 1.29 is 18.5 Å². The molecule has 2 aliphatic heterocycles. The number of fused-ring (bicyclic) bond motifs is 3. The van der Waals surface area contributed by atoms with Gasteiger partial charge in [-0.15, -0.1) is 0 Å². The molecule has 1 fully saturated rings. The second kappa shape index (κ2) is 6.19. The van der Waals surface area contributed by atoms with Crippen molar-refractivity contribution in [2.75, 3.05) is 26.0 Å². The molecular weight excluding hydrogens is 351 g/mol. The van der Waals surface area contributed by atoms with Crippen LogP contribution < -0.4 is 9.88 Å². The maximum atomic E-state index is 13.0. The highest BCUT2D eigenvalue weighted by molar-refractivity contribution is 6.18. The number of aromatic nitrogens is 2. The highest BCUT2D eigenvalue weighted by Gasteiger charge is 2.52. The van der Waals surface area contributed by atoms with Gasteiger partial charge in [0.2, 0.25) is 11.9 Å². The van der Waals surface area contributed by atoms with E-state index in [2.05, 4.69) is 10.3 Å². The van der Waals surface area contributed by atoms with Crippen molar-refractivity contribution in [1.29, 1.82) is 0 Å². The third-order valence-corrected chi connectivity index (χ3v) is 4.95. The van der Waals surface area contributed by atoms with Gasteiger partial charge in [-0.3, -0.25) is 14.6 Å². The Hall–Kier alpha value is -3.23. The molecule has 1 unspecified atom stereocenters. The van der Waals surface area contributed by atoms with Crippen LogP contribution in [0.3, 0.4) is 0 Å². The molecule has 3 heterocycles. The number of benzene rings is 1. The van der Waals surface area contributed by atoms with E-state index >= 15 is 0 Å². The first-order valence-electron chi connectivity index (χ1n) is 8.63. The molecule has 0 radical (unpaired) electrons. The number of likely N-dealkylation sites (N-methyl/N-ethyl adjacent to an activating group) is 2. The highest BCUT2D eigenvalue weighted by Crippen LogP contribution is 2.28. The number of imide groups is 1. The minimum Gasteiger partial charge on any atom is -0.382 e. The van der Waals surface area contributed by atoms with Crippen LogP contribution in [0.1, 0.15) is 11.7 Å². The number of hydrogen-bond donors (Lipinski definition) is 1. The number of anilines is 1. The van der Waals surface area contributed by atoms with Gasteiger partial charge in [-0.25, -0.2) is 18.3 Å². The summed E-state index contributed by atoms with van der Waals surface area (Å²) in [6.45, 7) is 3.16. The van der Waals surface area contributed by atoms with Gasteiger partial charge in [0.25, 0.3) is 5.91 Å². The largest absolute Gasteiger partial charge is 0.401 e. The fourth-order valence-electron chi connectivity index (χ4n) is 3.47. The van der Waals surface area contributed by atoms with Crippen molar-refractivity contribution in [3.8, 4) is 0 Å². The number of halogens is 1. The number of nitrogens with zero attached hydrogens (tertiary/aromatic N) is 5. The Morgan fingerprint density at radius 3 is 2.59 bits per heavy atom. The fourth-order valence-corrected chi connectivity index (χ4v) is 3.47. The summed E-state index contributed by atoms with van der Waals surface area (Å²) >= 11 is 0. The minimum atomic E-state index is -0.613. The summed E-state index contributed by atoms with van der Waals surface area (Å²) in [7, 11) is 3.10. The number of nitrogens with one attached hydrogen (secondary N) is 1. The van der Waals surface area contributed by atoms with E-state index < -0.39 is 6.04 Å². The quantitative estimate of drug-likeness (QED) is 0.827. The molecule has 0 saturated carbocycles. The summed E-state index contributed by atoms with van der Waals surface area (Å²) in [5.74, 6) is 0.514. The summed E-state index contributed by atoms with van der Waals surface area (Å²) in [5, 5.41) is 3.24. The highest BCUT2D eigenvalue weighted by atomic mass is 19.1. The molecule has 3 amide bonds. The molecular formula is C18H20FN6O2+. The molecule has 8 nitrogen and oxygen atoms in total. The number of amidine groups is 1. The summed E-state index contributed by atoms with van der Waals surface area (Å²) < 4.78 is 16.8. The van der Waals surface area contributed by atoms with E-state index in [1.54, 1.807) is 19.2 Å². The second-order valence-corrected chi connectivity index (χ2v) is 6.67. The molecule has 1 aromatic carbocycles. The third kappa shape index (κ3) is 2.66. The van der Waals surface area contributed by atoms with Gasteiger partial charge >= 0.3 is 12.0 Å². The van der Waals surface area contributed by atoms with Crippen LogP contribution in [0.5, 0.6) is 0 Å². The average Bonchev–Trinajstić information content (AvgIpc) is 3.16. The smallest absolute Gasteiger partial charge is 0.382 e. The molecule has 0 spiro atoms. The summed E-state index contributed by atoms with van der Waals surface area (Å²) in [6.07, 6.45) is 1.88. The van der Waals surface area contributed by atoms with E-state index in [-0.39, 0.29) is 17.8 Å². The summed E-state index contributed by atoms with van der Waals surface area (Å²) in [4.78, 5) is 31.9. The van der Waals surface area contributed by atoms with Crippen LogP contribution in [0.25, 0.3) is 0 Å². The van der Waals surface area contributed by atoms with E-state index in [1.165, 1.54) is 24.1 Å². The van der Waals surface area contributed by atoms with E-state index in [1.807, 2.05) is 22.3 Å². The van der Waals surface area contributed by atoms with Gasteiger partial charge in [0, 0.05) is 26.3 Å². The molecule has 2 aliphatic rings. The van der Waals surface area contributed by atoms with Crippen LogP contribution in [0.2, 0.25) is 0 Å². The zero-order valence-electron chi connectivity index (χ0n) is 15.3. The van der Waals surface area contributed by atoms with E-state index in [4.69, 9.17) is 0 Å². The molecule has 1 N–H and O–H groups in total. The van der Waals surface area contributed by atoms with E-state index in [0.29, 0.717) is 24.9 Å². The maximum Gasteiger partial charge on any atom is 0.401 e. The van der Waals surface area contributed by atoms with Gasteiger partial charge in [0.05, 0.1) is 6.54 Å². The zero-order chi connectivity index (χ0) is 19.3. The number of hydrogen-bond acceptors (Lipinski definition) is 4. The Morgan fingerprint density at radius 1 is 1.19 bits per heavy atom. The Labute approximate surface area is 155 Å². The van der Waals surface area contributed by atoms with Crippen molar-refractivity contribution in [2.45, 2.75) is 19.5 Å². The van der Waals surface area contributed by atoms with Crippen molar-refractivity contribution >= 4 is 29.4 Å². The molecule has 1 aromatic heterocycles. The third-order valence-electron chi connectivity index (χ3n) is 4.95. The number of urea groups is 1. The van der Waals surface area contributed by atoms with Crippen LogP contribution in [-0.4, -0.2) is 52.8 Å². The topological polar surface area (TPSA) is 73.8 Å². The first kappa shape index (κ1) is 17.2. The molecule has 27 heavy (non-hydrogen) atoms. The monoisotopic (exact) mass is 371 g/mol. The van der Waals surface area contributed by atoms with Gasteiger partial charge in [-0.1, -0.05) is 4.99 Å². The molecule has 140 valence electrons. The van der Waals surface area contributed by atoms with Crippen molar-refractivity contribution in [3.05, 3.63) is 42.0 Å². The van der Waals surface area contributed by atoms with Gasteiger partial charge < -0.3 is 5.32 Å². The maximum absolute atomic E-state index is 13.0. The lowest BCUT2D eigenvalue weighted by molar-refractivity contribution is -0.677. The lowest BCUT2D eigenvalue weighted by atomic mass is 10.2. The average molecular weight is 371 g/mol. The standard InChI is InChI=1S/C18H20FN6O2/c1-11-10-25-14-15(22(2)18(27)23(3)16(14)26)21-17(25)24(11)9-8-20-13-6-4-12(19)5-7-13/h4-7,10,14,20H,8-9H2,1-3H3/q+1. The van der Waals surface area contributed by atoms with Gasteiger partial charge in [-0.05, 0) is 31.2 Å². The fraction of sp³-hybridized carbons (Fsp3) is 0.333. The normalized spacial score (nSPS) is 18.5. The number of carbonyl (C=O) groups excluding carboxylic acids is 2. The Morgan fingerprint density at radius 2 is 1.89 bits per heavy atom. The van der Waals surface area contributed by atoms with Crippen LogP contribution >= 0.6 is 0 Å². The molecule has 0 bridgehead atoms. The van der Waals surface area contributed by atoms with Gasteiger partial charge in [-0.2, -0.15) is 0 Å². The number of aryl methyl sites for hydroxylation is 1. The summed E-state index contributed by atoms with van der Waals surface area (Å²) in [5.41, 5.74) is 1.79. The van der Waals surface area contributed by atoms with Gasteiger partial charge in [0.15, 0.2) is 0 Å². The Balaban J connectivity index is 1.57. The van der Waals surface area contributed by atoms with Crippen LogP contribution in [0, 0.1) is 12.7 Å². The van der Waals surface area contributed by atoms with Crippen LogP contribution in [-0.2, 0) is 11.3 Å². The Kier molecular flexibility index (Phi) is 3.94. The summed E-state index contributed by atoms with van der Waals surface area (Å²) in [6, 6.07) is 5.17. The van der Waals surface area contributed by atoms with Crippen molar-refractivity contribution in [1.82, 2.24) is 14.4 Å². The second-order valence-electron chi connectivity index (χ2n) is 6.67. The lowest BCUT2D eigenvalue weighted by Crippen LogP contribution is -2.61. The van der Waals surface area contributed by atoms with Crippen LogP contribution in [0.15, 0.2) is 35.5 Å². The Bertz CT molecular complexity index is 965. The molecule has 1 saturated heterocycles. The number of amides is 3. The van der Waals surface area contributed by atoms with Crippen molar-refractivity contribution in [3.63, 3.8) is 0 Å². The molecule has 0 aliphatic carbocycles. The molecule has 2 aromatic rings. The number of rotatable bonds is 4. The number of imidazole rings is 1. The first-order chi connectivity index (χ1) is 12.9. The minimum absolute atomic E-state index is 0.275. The predicted octanol–water partition coefficient (Wildman–Crippen LogP) is 1.44. The van der Waals surface area contributed by atoms with Gasteiger partial charge in [0.1, 0.15) is 17.7 Å². The number of aliphatic imine (C=N–C) groups is 1. The molecule has 4 rings (SSSR count). The van der Waals surface area contributed by atoms with E-state index in [9.17, 15) is 14.0 Å². The zero-order valence-corrected chi connectivity index (χ0v) is 15.3. The SMILES string of the molecule is Cc1c[n+]2c(n1CCNc1ccc(F)cc1)N=C1C2C(=O)N(C)C(=O)N1C. The lowest BCUT2D eigenvalue weighted by Gasteiger charge is -2.30. The van der Waals surface area contributed by atoms with Crippen molar-refractivity contribution in [2.24, 2.45) is 4.99 Å². The molecule has 1 atom stereocenters.